The lowest BCUT2D eigenvalue weighted by molar-refractivity contribution is 0.273. The van der Waals surface area contributed by atoms with Gasteiger partial charge in [0, 0.05) is 6.54 Å². The second kappa shape index (κ2) is 13.6. The molecule has 1 rings (SSSR count). The molecular weight excluding hydrogens is 502 g/mol. The standard InChI is InChI=1S/C13H21NO9P4S2/c15-26(16,17)10-14(11-27(18,19)20)7-6-12-2-4-13(5-3-12)23-25(29)22-9-1-8-21-24-28/h2-5H,1,6-11H2,(H3-,15,16,17,18,19,20)/p+1. The van der Waals surface area contributed by atoms with Crippen LogP contribution in [0.4, 0.5) is 0 Å². The Morgan fingerprint density at radius 1 is 1.03 bits per heavy atom. The molecule has 1 unspecified atom stereocenters. The first-order valence-corrected chi connectivity index (χ1v) is 15.7. The second-order valence-corrected chi connectivity index (χ2v) is 11.7. The molecule has 0 radical (unpaired) electrons. The van der Waals surface area contributed by atoms with Crippen LogP contribution < -0.4 is 4.52 Å². The van der Waals surface area contributed by atoms with E-state index in [2.05, 4.69) is 11.8 Å². The fourth-order valence-electron chi connectivity index (χ4n) is 2.12. The highest BCUT2D eigenvalue weighted by molar-refractivity contribution is 8.00. The average Bonchev–Trinajstić information content (AvgIpc) is 2.58. The highest BCUT2D eigenvalue weighted by atomic mass is 32.4. The Labute approximate surface area is 181 Å². The van der Waals surface area contributed by atoms with E-state index in [-0.39, 0.29) is 6.54 Å². The van der Waals surface area contributed by atoms with Gasteiger partial charge in [-0.25, -0.2) is 0 Å². The topological polar surface area (TPSA) is 146 Å². The lowest BCUT2D eigenvalue weighted by atomic mass is 10.1. The number of rotatable bonds is 15. The predicted molar refractivity (Wildman–Crippen MR) is 116 cm³/mol. The van der Waals surface area contributed by atoms with Crippen LogP contribution in [0.1, 0.15) is 12.0 Å². The van der Waals surface area contributed by atoms with E-state index in [0.29, 0.717) is 39.4 Å². The smallest absolute Gasteiger partial charge is 0.324 e. The molecule has 0 bridgehead atoms. The largest absolute Gasteiger partial charge is 0.573 e. The lowest BCUT2D eigenvalue weighted by Crippen LogP contribution is -2.28. The van der Waals surface area contributed by atoms with Crippen molar-refractivity contribution < 1.29 is 42.3 Å². The van der Waals surface area contributed by atoms with E-state index in [0.717, 1.165) is 10.5 Å². The Bertz CT molecular complexity index is 731. The molecular formula is C13H22NO9P4S2+. The SMILES string of the molecule is O=P(O)(O)CN(CCc1ccc(O[P+](=S)OCCCOP=S)cc1)CP(=O)(O)O. The molecule has 0 spiro atoms. The lowest BCUT2D eigenvalue weighted by Gasteiger charge is -2.22. The zero-order valence-corrected chi connectivity index (χ0v) is 20.4. The van der Waals surface area contributed by atoms with Crippen LogP contribution in [0.25, 0.3) is 0 Å². The van der Waals surface area contributed by atoms with E-state index in [4.69, 9.17) is 45.0 Å². The number of nitrogens with zero attached hydrogens (tertiary/aromatic N) is 1. The van der Waals surface area contributed by atoms with Crippen LogP contribution in [-0.4, -0.2) is 56.8 Å². The molecule has 0 amide bonds. The number of benzene rings is 1. The molecule has 0 aliphatic carbocycles. The summed E-state index contributed by atoms with van der Waals surface area (Å²) in [7, 11) is -9.96. The molecule has 1 aromatic carbocycles. The average molecular weight is 524 g/mol. The van der Waals surface area contributed by atoms with Gasteiger partial charge in [-0.3, -0.25) is 18.6 Å². The van der Waals surface area contributed by atoms with Gasteiger partial charge in [-0.2, -0.15) is 0 Å². The molecule has 0 aromatic heterocycles. The van der Waals surface area contributed by atoms with Crippen LogP contribution in [0, 0.1) is 0 Å². The summed E-state index contributed by atoms with van der Waals surface area (Å²) in [6.07, 6.45) is -0.468. The third-order valence-electron chi connectivity index (χ3n) is 3.22. The van der Waals surface area contributed by atoms with Crippen molar-refractivity contribution in [1.29, 1.82) is 0 Å². The first-order chi connectivity index (χ1) is 13.5. The van der Waals surface area contributed by atoms with Gasteiger partial charge in [0.05, 0.1) is 6.61 Å². The summed E-state index contributed by atoms with van der Waals surface area (Å²) >= 11 is 9.74. The van der Waals surface area contributed by atoms with E-state index >= 15 is 0 Å². The van der Waals surface area contributed by atoms with Crippen LogP contribution >= 0.6 is 29.9 Å². The summed E-state index contributed by atoms with van der Waals surface area (Å²) < 4.78 is 38.2. The zero-order valence-electron chi connectivity index (χ0n) is 15.1. The van der Waals surface area contributed by atoms with Crippen LogP contribution in [0.15, 0.2) is 24.3 Å². The third-order valence-corrected chi connectivity index (χ3v) is 6.65. The van der Waals surface area contributed by atoms with Crippen LogP contribution in [0.3, 0.4) is 0 Å². The molecule has 0 heterocycles. The Morgan fingerprint density at radius 3 is 2.14 bits per heavy atom. The van der Waals surface area contributed by atoms with Crippen molar-refractivity contribution in [2.45, 2.75) is 12.8 Å². The summed E-state index contributed by atoms with van der Waals surface area (Å²) in [5.41, 5.74) is 0.800. The fraction of sp³-hybridized carbons (Fsp3) is 0.538. The van der Waals surface area contributed by atoms with E-state index in [1.54, 1.807) is 24.3 Å². The highest BCUT2D eigenvalue weighted by Crippen LogP contribution is 2.40. The molecule has 0 aliphatic rings. The Morgan fingerprint density at radius 2 is 1.62 bits per heavy atom. The van der Waals surface area contributed by atoms with E-state index in [9.17, 15) is 9.13 Å². The maximum atomic E-state index is 11.2. The van der Waals surface area contributed by atoms with Gasteiger partial charge in [0.15, 0.2) is 5.75 Å². The molecule has 0 saturated heterocycles. The summed E-state index contributed by atoms with van der Waals surface area (Å²) in [5, 5.41) is 0. The zero-order chi connectivity index (χ0) is 21.9. The quantitative estimate of drug-likeness (QED) is 0.198. The van der Waals surface area contributed by atoms with Crippen LogP contribution in [-0.2, 0) is 48.2 Å². The first-order valence-electron chi connectivity index (χ1n) is 8.12. The molecule has 1 aromatic rings. The first kappa shape index (κ1) is 27.3. The minimum atomic E-state index is -4.44. The molecule has 29 heavy (non-hydrogen) atoms. The Balaban J connectivity index is 2.51. The van der Waals surface area contributed by atoms with Crippen molar-refractivity contribution in [3.63, 3.8) is 0 Å². The second-order valence-electron chi connectivity index (χ2n) is 5.81. The van der Waals surface area contributed by atoms with Crippen molar-refractivity contribution in [3.05, 3.63) is 29.8 Å². The molecule has 1 atom stereocenters. The monoisotopic (exact) mass is 524 g/mol. The molecule has 164 valence electrons. The molecule has 0 aliphatic heterocycles. The van der Waals surface area contributed by atoms with Gasteiger partial charge in [0.1, 0.15) is 26.8 Å². The minimum absolute atomic E-state index is 0.0685. The third kappa shape index (κ3) is 14.8. The molecule has 4 N–H and O–H groups in total. The predicted octanol–water partition coefficient (Wildman–Crippen LogP) is 2.70. The van der Waals surface area contributed by atoms with Gasteiger partial charge in [-0.1, -0.05) is 12.1 Å². The molecule has 0 saturated carbocycles. The summed E-state index contributed by atoms with van der Waals surface area (Å²) in [5.74, 6) is 0.512. The van der Waals surface area contributed by atoms with Gasteiger partial charge < -0.3 is 24.1 Å². The van der Waals surface area contributed by atoms with Crippen LogP contribution in [0.5, 0.6) is 5.75 Å². The molecule has 10 nitrogen and oxygen atoms in total. The Kier molecular flexibility index (Phi) is 12.8. The van der Waals surface area contributed by atoms with Crippen molar-refractivity contribution in [3.8, 4) is 5.75 Å². The van der Waals surface area contributed by atoms with Crippen molar-refractivity contribution in [2.75, 3.05) is 32.3 Å². The summed E-state index contributed by atoms with van der Waals surface area (Å²) in [6, 6.07) is 6.82. The van der Waals surface area contributed by atoms with Gasteiger partial charge in [-0.15, -0.1) is 4.52 Å². The normalized spacial score (nSPS) is 13.1. The van der Waals surface area contributed by atoms with Gasteiger partial charge in [-0.05, 0) is 42.3 Å². The van der Waals surface area contributed by atoms with E-state index in [1.165, 1.54) is 0 Å². The van der Waals surface area contributed by atoms with Gasteiger partial charge in [0.2, 0.25) is 11.8 Å². The number of hydrogen-bond acceptors (Lipinski definition) is 8. The highest BCUT2D eigenvalue weighted by Gasteiger charge is 2.25. The van der Waals surface area contributed by atoms with Crippen molar-refractivity contribution in [2.24, 2.45) is 0 Å². The van der Waals surface area contributed by atoms with Crippen LogP contribution in [0.2, 0.25) is 0 Å². The van der Waals surface area contributed by atoms with E-state index < -0.39 is 34.9 Å². The minimum Gasteiger partial charge on any atom is -0.324 e. The van der Waals surface area contributed by atoms with Gasteiger partial charge >= 0.3 is 22.3 Å². The molecule has 0 fully saturated rings. The van der Waals surface area contributed by atoms with Crippen molar-refractivity contribution >= 4 is 53.5 Å². The van der Waals surface area contributed by atoms with Crippen molar-refractivity contribution in [1.82, 2.24) is 4.90 Å². The molecule has 16 heteroatoms. The van der Waals surface area contributed by atoms with E-state index in [1.807, 2.05) is 0 Å². The summed E-state index contributed by atoms with van der Waals surface area (Å²) in [4.78, 5) is 37.4. The summed E-state index contributed by atoms with van der Waals surface area (Å²) in [6.45, 7) is 0.950. The maximum Gasteiger partial charge on any atom is 0.573 e. The maximum absolute atomic E-state index is 11.2. The number of hydrogen-bond donors (Lipinski definition) is 4. The van der Waals surface area contributed by atoms with Gasteiger partial charge in [0.25, 0.3) is 0 Å². The fourth-order valence-corrected chi connectivity index (χ4v) is 5.34. The Hall–Kier alpha value is 0.240.